The van der Waals surface area contributed by atoms with Crippen LogP contribution in [0.2, 0.25) is 0 Å². The molecule has 0 rings (SSSR count). The standard InChI is InChI=1S/C9H17F.C9H18/c1-7(2)5-9(10)6-8(3)4;1-8(2)6-5-7-9(3)4/h5,7-8H,6H2,1-4H3;5-6,8-9H,7H2,1-4H3/b9-5+;6-5-. The third-order valence-corrected chi connectivity index (χ3v) is 2.25. The molecule has 0 radical (unpaired) electrons. The van der Waals surface area contributed by atoms with Gasteiger partial charge in [-0.05, 0) is 30.1 Å². The van der Waals surface area contributed by atoms with Gasteiger partial charge >= 0.3 is 0 Å². The Kier molecular flexibility index (Phi) is 13.6. The maximum atomic E-state index is 12.8. The molecule has 0 atom stereocenters. The Morgan fingerprint density at radius 1 is 0.842 bits per heavy atom. The lowest BCUT2D eigenvalue weighted by molar-refractivity contribution is 0.507. The molecule has 0 nitrogen and oxygen atoms in total. The second-order valence-electron chi connectivity index (χ2n) is 6.76. The molecular formula is C18H35F. The van der Waals surface area contributed by atoms with E-state index < -0.39 is 0 Å². The van der Waals surface area contributed by atoms with Crippen molar-refractivity contribution in [1.29, 1.82) is 0 Å². The van der Waals surface area contributed by atoms with Gasteiger partial charge in [-0.3, -0.25) is 0 Å². The molecule has 1 heteroatoms. The first-order valence-electron chi connectivity index (χ1n) is 7.67. The Balaban J connectivity index is 0. The second-order valence-corrected chi connectivity index (χ2v) is 6.76. The average molecular weight is 270 g/mol. The Hall–Kier alpha value is -0.590. The highest BCUT2D eigenvalue weighted by Crippen LogP contribution is 2.13. The Bertz CT molecular complexity index is 244. The summed E-state index contributed by atoms with van der Waals surface area (Å²) in [4.78, 5) is 0. The van der Waals surface area contributed by atoms with Crippen molar-refractivity contribution in [2.45, 2.75) is 68.2 Å². The summed E-state index contributed by atoms with van der Waals surface area (Å²) in [6, 6.07) is 0. The zero-order valence-corrected chi connectivity index (χ0v) is 14.3. The molecule has 0 aromatic heterocycles. The van der Waals surface area contributed by atoms with Crippen molar-refractivity contribution >= 4 is 0 Å². The fourth-order valence-corrected chi connectivity index (χ4v) is 1.44. The van der Waals surface area contributed by atoms with Crippen molar-refractivity contribution in [2.24, 2.45) is 23.7 Å². The van der Waals surface area contributed by atoms with Crippen LogP contribution in [-0.2, 0) is 0 Å². The van der Waals surface area contributed by atoms with Crippen LogP contribution in [0.5, 0.6) is 0 Å². The molecular weight excluding hydrogens is 235 g/mol. The van der Waals surface area contributed by atoms with E-state index >= 15 is 0 Å². The summed E-state index contributed by atoms with van der Waals surface area (Å²) in [6.45, 7) is 16.9. The van der Waals surface area contributed by atoms with E-state index in [0.717, 1.165) is 5.92 Å². The number of allylic oxidation sites excluding steroid dienone is 4. The van der Waals surface area contributed by atoms with E-state index in [1.165, 1.54) is 6.42 Å². The minimum atomic E-state index is 0.0324. The van der Waals surface area contributed by atoms with E-state index in [-0.39, 0.29) is 5.83 Å². The van der Waals surface area contributed by atoms with Gasteiger partial charge in [0.2, 0.25) is 0 Å². The minimum Gasteiger partial charge on any atom is -0.212 e. The van der Waals surface area contributed by atoms with Crippen LogP contribution in [0.3, 0.4) is 0 Å². The monoisotopic (exact) mass is 270 g/mol. The van der Waals surface area contributed by atoms with E-state index in [1.54, 1.807) is 6.08 Å². The Morgan fingerprint density at radius 2 is 1.37 bits per heavy atom. The quantitative estimate of drug-likeness (QED) is 0.466. The van der Waals surface area contributed by atoms with E-state index in [1.807, 2.05) is 27.7 Å². The molecule has 0 aliphatic carbocycles. The van der Waals surface area contributed by atoms with Crippen LogP contribution in [0.4, 0.5) is 4.39 Å². The predicted molar refractivity (Wildman–Crippen MR) is 86.9 cm³/mol. The SMILES string of the molecule is CC(C)/C=C(/F)CC(C)C.CC(C)/C=C\CC(C)C. The van der Waals surface area contributed by atoms with Crippen LogP contribution in [0.15, 0.2) is 24.1 Å². The molecule has 0 amide bonds. The summed E-state index contributed by atoms with van der Waals surface area (Å²) in [6.07, 6.45) is 8.02. The maximum absolute atomic E-state index is 12.8. The average Bonchev–Trinajstić information content (AvgIpc) is 2.13. The number of halogens is 1. The third-order valence-electron chi connectivity index (χ3n) is 2.25. The molecule has 0 saturated heterocycles. The molecule has 0 unspecified atom stereocenters. The van der Waals surface area contributed by atoms with Crippen LogP contribution < -0.4 is 0 Å². The van der Waals surface area contributed by atoms with Crippen molar-refractivity contribution in [1.82, 2.24) is 0 Å². The fourth-order valence-electron chi connectivity index (χ4n) is 1.44. The molecule has 0 aromatic rings. The molecule has 0 aliphatic rings. The van der Waals surface area contributed by atoms with Crippen molar-refractivity contribution in [2.75, 3.05) is 0 Å². The molecule has 0 aliphatic heterocycles. The highest BCUT2D eigenvalue weighted by Gasteiger charge is 1.99. The van der Waals surface area contributed by atoms with Crippen molar-refractivity contribution in [3.8, 4) is 0 Å². The third kappa shape index (κ3) is 23.0. The highest BCUT2D eigenvalue weighted by atomic mass is 19.1. The van der Waals surface area contributed by atoms with Gasteiger partial charge in [-0.25, -0.2) is 4.39 Å². The maximum Gasteiger partial charge on any atom is 0.0964 e. The molecule has 0 N–H and O–H groups in total. The van der Waals surface area contributed by atoms with Crippen LogP contribution in [0, 0.1) is 23.7 Å². The summed E-state index contributed by atoms with van der Waals surface area (Å²) < 4.78 is 12.8. The van der Waals surface area contributed by atoms with Crippen molar-refractivity contribution in [3.05, 3.63) is 24.1 Å². The topological polar surface area (TPSA) is 0 Å². The first-order valence-corrected chi connectivity index (χ1v) is 7.67. The zero-order chi connectivity index (χ0) is 15.4. The lowest BCUT2D eigenvalue weighted by Crippen LogP contribution is -1.89. The van der Waals surface area contributed by atoms with E-state index in [9.17, 15) is 4.39 Å². The normalized spacial score (nSPS) is 12.8. The second kappa shape index (κ2) is 12.4. The van der Waals surface area contributed by atoms with Gasteiger partial charge in [0.05, 0.1) is 5.83 Å². The first-order chi connectivity index (χ1) is 8.65. The van der Waals surface area contributed by atoms with Gasteiger partial charge in [-0.15, -0.1) is 0 Å². The molecule has 114 valence electrons. The van der Waals surface area contributed by atoms with Gasteiger partial charge in [-0.2, -0.15) is 0 Å². The van der Waals surface area contributed by atoms with E-state index in [4.69, 9.17) is 0 Å². The van der Waals surface area contributed by atoms with Crippen molar-refractivity contribution < 1.29 is 4.39 Å². The van der Waals surface area contributed by atoms with Crippen LogP contribution in [0.25, 0.3) is 0 Å². The predicted octanol–water partition coefficient (Wildman–Crippen LogP) is 6.79. The van der Waals surface area contributed by atoms with E-state index in [0.29, 0.717) is 24.2 Å². The van der Waals surface area contributed by atoms with Gasteiger partial charge in [-0.1, -0.05) is 73.6 Å². The van der Waals surface area contributed by atoms with Crippen LogP contribution in [0.1, 0.15) is 68.2 Å². The van der Waals surface area contributed by atoms with Gasteiger partial charge in [0.25, 0.3) is 0 Å². The summed E-state index contributed by atoms with van der Waals surface area (Å²) >= 11 is 0. The molecule has 0 aromatic carbocycles. The van der Waals surface area contributed by atoms with Gasteiger partial charge in [0.1, 0.15) is 0 Å². The molecule has 19 heavy (non-hydrogen) atoms. The minimum absolute atomic E-state index is 0.0324. The summed E-state index contributed by atoms with van der Waals surface area (Å²) in [5, 5.41) is 0. The zero-order valence-electron chi connectivity index (χ0n) is 14.3. The van der Waals surface area contributed by atoms with Crippen LogP contribution >= 0.6 is 0 Å². The highest BCUT2D eigenvalue weighted by molar-refractivity contribution is 4.93. The largest absolute Gasteiger partial charge is 0.212 e. The van der Waals surface area contributed by atoms with Gasteiger partial charge in [0, 0.05) is 6.42 Å². The molecule has 0 heterocycles. The first kappa shape index (κ1) is 20.7. The fraction of sp³-hybridized carbons (Fsp3) is 0.778. The molecule has 0 bridgehead atoms. The molecule has 0 saturated carbocycles. The molecule has 0 fully saturated rings. The smallest absolute Gasteiger partial charge is 0.0964 e. The summed E-state index contributed by atoms with van der Waals surface area (Å²) in [5.41, 5.74) is 0. The Labute approximate surface area is 121 Å². The summed E-state index contributed by atoms with van der Waals surface area (Å²) in [5.74, 6) is 2.31. The van der Waals surface area contributed by atoms with Crippen LogP contribution in [-0.4, -0.2) is 0 Å². The van der Waals surface area contributed by atoms with Gasteiger partial charge < -0.3 is 0 Å². The van der Waals surface area contributed by atoms with Crippen molar-refractivity contribution in [3.63, 3.8) is 0 Å². The number of rotatable bonds is 6. The number of hydrogen-bond donors (Lipinski definition) is 0. The Morgan fingerprint density at radius 3 is 1.68 bits per heavy atom. The lowest BCUT2D eigenvalue weighted by atomic mass is 10.1. The van der Waals surface area contributed by atoms with Gasteiger partial charge in [0.15, 0.2) is 0 Å². The number of hydrogen-bond acceptors (Lipinski definition) is 0. The lowest BCUT2D eigenvalue weighted by Gasteiger charge is -2.02. The van der Waals surface area contributed by atoms with E-state index in [2.05, 4.69) is 39.8 Å². The summed E-state index contributed by atoms with van der Waals surface area (Å²) in [7, 11) is 0. The molecule has 0 spiro atoms.